The van der Waals surface area contributed by atoms with Crippen molar-refractivity contribution in [3.05, 3.63) is 47.8 Å². The monoisotopic (exact) mass is 319 g/mol. The molecule has 0 unspecified atom stereocenters. The van der Waals surface area contributed by atoms with Gasteiger partial charge >= 0.3 is 0 Å². The van der Waals surface area contributed by atoms with Crippen molar-refractivity contribution >= 4 is 5.91 Å². The Morgan fingerprint density at radius 1 is 1.48 bits per heavy atom. The van der Waals surface area contributed by atoms with E-state index in [2.05, 4.69) is 9.97 Å². The van der Waals surface area contributed by atoms with Gasteiger partial charge in [0.1, 0.15) is 23.4 Å². The summed E-state index contributed by atoms with van der Waals surface area (Å²) < 4.78 is 23.8. The second kappa shape index (κ2) is 6.78. The van der Waals surface area contributed by atoms with Crippen molar-refractivity contribution in [2.75, 3.05) is 26.4 Å². The van der Waals surface area contributed by atoms with Gasteiger partial charge in [-0.05, 0) is 31.2 Å². The summed E-state index contributed by atoms with van der Waals surface area (Å²) in [7, 11) is 0. The van der Waals surface area contributed by atoms with Crippen molar-refractivity contribution in [3.63, 3.8) is 0 Å². The lowest BCUT2D eigenvalue weighted by molar-refractivity contribution is -0.142. The van der Waals surface area contributed by atoms with Crippen molar-refractivity contribution in [1.29, 1.82) is 0 Å². The van der Waals surface area contributed by atoms with Gasteiger partial charge in [0.2, 0.25) is 0 Å². The van der Waals surface area contributed by atoms with Gasteiger partial charge in [0, 0.05) is 18.4 Å². The number of aromatic nitrogens is 2. The van der Waals surface area contributed by atoms with E-state index in [9.17, 15) is 9.18 Å². The molecule has 7 heteroatoms. The zero-order valence-corrected chi connectivity index (χ0v) is 12.8. The molecule has 1 amide bonds. The third-order valence-electron chi connectivity index (χ3n) is 3.66. The molecule has 122 valence electrons. The predicted molar refractivity (Wildman–Crippen MR) is 80.5 cm³/mol. The summed E-state index contributed by atoms with van der Waals surface area (Å²) in [6, 6.07) is 5.33. The van der Waals surface area contributed by atoms with Crippen LogP contribution in [-0.4, -0.2) is 47.1 Å². The number of hydrogen-bond donors (Lipinski definition) is 1. The highest BCUT2D eigenvalue weighted by molar-refractivity contribution is 5.78. The number of ether oxygens (including phenoxy) is 2. The second-order valence-corrected chi connectivity index (χ2v) is 5.37. The first-order valence-corrected chi connectivity index (χ1v) is 7.40. The molecule has 1 aliphatic heterocycles. The summed E-state index contributed by atoms with van der Waals surface area (Å²) in [6.07, 6.45) is 1.72. The van der Waals surface area contributed by atoms with Gasteiger partial charge < -0.3 is 19.4 Å². The molecule has 0 saturated carbocycles. The molecule has 1 aliphatic rings. The quantitative estimate of drug-likeness (QED) is 0.934. The van der Waals surface area contributed by atoms with Crippen LogP contribution in [0, 0.1) is 12.7 Å². The van der Waals surface area contributed by atoms with Crippen LogP contribution in [0.2, 0.25) is 0 Å². The van der Waals surface area contributed by atoms with Crippen LogP contribution in [0.25, 0.3) is 0 Å². The SMILES string of the molecule is Cc1cnc([C@@H]2COCCN2C(=O)COc2ccc(F)cc2)[nH]1. The highest BCUT2D eigenvalue weighted by Crippen LogP contribution is 2.22. The van der Waals surface area contributed by atoms with Crippen LogP contribution in [0.3, 0.4) is 0 Å². The van der Waals surface area contributed by atoms with Gasteiger partial charge in [0.15, 0.2) is 6.61 Å². The maximum atomic E-state index is 12.9. The zero-order valence-electron chi connectivity index (χ0n) is 12.8. The predicted octanol–water partition coefficient (Wildman–Crippen LogP) is 1.84. The Labute approximate surface area is 133 Å². The molecule has 1 atom stereocenters. The normalized spacial score (nSPS) is 18.0. The number of H-pyrrole nitrogens is 1. The van der Waals surface area contributed by atoms with Crippen LogP contribution in [0.4, 0.5) is 4.39 Å². The van der Waals surface area contributed by atoms with Crippen LogP contribution in [-0.2, 0) is 9.53 Å². The van der Waals surface area contributed by atoms with Crippen LogP contribution >= 0.6 is 0 Å². The minimum Gasteiger partial charge on any atom is -0.484 e. The van der Waals surface area contributed by atoms with Gasteiger partial charge in [-0.3, -0.25) is 4.79 Å². The lowest BCUT2D eigenvalue weighted by Gasteiger charge is -2.34. The number of nitrogens with zero attached hydrogens (tertiary/aromatic N) is 2. The fraction of sp³-hybridized carbons (Fsp3) is 0.375. The van der Waals surface area contributed by atoms with Gasteiger partial charge in [-0.15, -0.1) is 0 Å². The van der Waals surface area contributed by atoms with E-state index in [1.807, 2.05) is 6.92 Å². The number of amides is 1. The average Bonchev–Trinajstić information content (AvgIpc) is 3.00. The van der Waals surface area contributed by atoms with Crippen LogP contribution in [0.1, 0.15) is 17.6 Å². The molecule has 2 heterocycles. The zero-order chi connectivity index (χ0) is 16.2. The molecule has 0 aliphatic carbocycles. The minimum atomic E-state index is -0.342. The molecule has 23 heavy (non-hydrogen) atoms. The van der Waals surface area contributed by atoms with E-state index in [1.165, 1.54) is 24.3 Å². The number of imidazole rings is 1. The molecule has 0 radical (unpaired) electrons. The van der Waals surface area contributed by atoms with Crippen LogP contribution in [0.5, 0.6) is 5.75 Å². The van der Waals surface area contributed by atoms with Crippen molar-refractivity contribution in [3.8, 4) is 5.75 Å². The van der Waals surface area contributed by atoms with E-state index in [0.29, 0.717) is 31.3 Å². The molecule has 6 nitrogen and oxygen atoms in total. The summed E-state index contributed by atoms with van der Waals surface area (Å²) in [5.74, 6) is 0.664. The van der Waals surface area contributed by atoms with E-state index < -0.39 is 0 Å². The molecule has 1 N–H and O–H groups in total. The largest absolute Gasteiger partial charge is 0.484 e. The van der Waals surface area contributed by atoms with Crippen LogP contribution in [0.15, 0.2) is 30.5 Å². The van der Waals surface area contributed by atoms with E-state index in [-0.39, 0.29) is 24.4 Å². The number of carbonyl (C=O) groups excluding carboxylic acids is 1. The smallest absolute Gasteiger partial charge is 0.261 e. The van der Waals surface area contributed by atoms with E-state index in [1.54, 1.807) is 11.1 Å². The Balaban J connectivity index is 1.65. The minimum absolute atomic E-state index is 0.109. The van der Waals surface area contributed by atoms with Gasteiger partial charge in [0.25, 0.3) is 5.91 Å². The molecular formula is C16H18FN3O3. The number of nitrogens with one attached hydrogen (secondary N) is 1. The standard InChI is InChI=1S/C16H18FN3O3/c1-11-8-18-16(19-11)14-9-22-7-6-20(14)15(21)10-23-13-4-2-12(17)3-5-13/h2-5,8,14H,6-7,9-10H2,1H3,(H,18,19)/t14-/m0/s1. The first-order chi connectivity index (χ1) is 11.1. The highest BCUT2D eigenvalue weighted by atomic mass is 19.1. The average molecular weight is 319 g/mol. The summed E-state index contributed by atoms with van der Waals surface area (Å²) in [5.41, 5.74) is 0.931. The van der Waals surface area contributed by atoms with Crippen molar-refractivity contribution in [2.24, 2.45) is 0 Å². The first-order valence-electron chi connectivity index (χ1n) is 7.40. The van der Waals surface area contributed by atoms with E-state index in [0.717, 1.165) is 5.69 Å². The molecule has 0 bridgehead atoms. The number of halogens is 1. The third kappa shape index (κ3) is 3.68. The molecular weight excluding hydrogens is 301 g/mol. The highest BCUT2D eigenvalue weighted by Gasteiger charge is 2.30. The fourth-order valence-corrected chi connectivity index (χ4v) is 2.49. The van der Waals surface area contributed by atoms with Gasteiger partial charge in [-0.25, -0.2) is 9.37 Å². The molecule has 3 rings (SSSR count). The Morgan fingerprint density at radius 3 is 2.96 bits per heavy atom. The van der Waals surface area contributed by atoms with Crippen molar-refractivity contribution < 1.29 is 18.7 Å². The molecule has 2 aromatic rings. The molecule has 1 aromatic heterocycles. The van der Waals surface area contributed by atoms with Crippen LogP contribution < -0.4 is 4.74 Å². The third-order valence-corrected chi connectivity index (χ3v) is 3.66. The van der Waals surface area contributed by atoms with Crippen molar-refractivity contribution in [1.82, 2.24) is 14.9 Å². The Morgan fingerprint density at radius 2 is 2.26 bits per heavy atom. The Bertz CT molecular complexity index is 671. The molecule has 1 saturated heterocycles. The number of aromatic amines is 1. The van der Waals surface area contributed by atoms with Gasteiger partial charge in [0.05, 0.1) is 13.2 Å². The summed E-state index contributed by atoms with van der Waals surface area (Å²) in [4.78, 5) is 21.6. The summed E-state index contributed by atoms with van der Waals surface area (Å²) in [6.45, 7) is 3.16. The van der Waals surface area contributed by atoms with Gasteiger partial charge in [-0.1, -0.05) is 0 Å². The first kappa shape index (κ1) is 15.5. The number of benzene rings is 1. The Hall–Kier alpha value is -2.41. The van der Waals surface area contributed by atoms with E-state index in [4.69, 9.17) is 9.47 Å². The number of aryl methyl sites for hydroxylation is 1. The topological polar surface area (TPSA) is 67.4 Å². The summed E-state index contributed by atoms with van der Waals surface area (Å²) in [5, 5.41) is 0. The maximum Gasteiger partial charge on any atom is 0.261 e. The lowest BCUT2D eigenvalue weighted by Crippen LogP contribution is -2.45. The Kier molecular flexibility index (Phi) is 4.57. The number of hydrogen-bond acceptors (Lipinski definition) is 4. The number of morpholine rings is 1. The lowest BCUT2D eigenvalue weighted by atomic mass is 10.2. The van der Waals surface area contributed by atoms with E-state index >= 15 is 0 Å². The number of carbonyl (C=O) groups is 1. The molecule has 1 fully saturated rings. The maximum absolute atomic E-state index is 12.9. The second-order valence-electron chi connectivity index (χ2n) is 5.37. The van der Waals surface area contributed by atoms with Gasteiger partial charge in [-0.2, -0.15) is 0 Å². The molecule has 0 spiro atoms. The summed E-state index contributed by atoms with van der Waals surface area (Å²) >= 11 is 0. The van der Waals surface area contributed by atoms with Crippen molar-refractivity contribution in [2.45, 2.75) is 13.0 Å². The molecule has 1 aromatic carbocycles. The number of rotatable bonds is 4. The fourth-order valence-electron chi connectivity index (χ4n) is 2.49.